The van der Waals surface area contributed by atoms with Crippen LogP contribution in [-0.2, 0) is 23.8 Å². The molecule has 2 amide bonds. The quantitative estimate of drug-likeness (QED) is 0.610. The first-order valence-electron chi connectivity index (χ1n) is 11.1. The summed E-state index contributed by atoms with van der Waals surface area (Å²) in [5.74, 6) is -2.30. The fourth-order valence-corrected chi connectivity index (χ4v) is 4.73. The van der Waals surface area contributed by atoms with Gasteiger partial charge in [0.2, 0.25) is 0 Å². The van der Waals surface area contributed by atoms with Crippen LogP contribution in [0.15, 0.2) is 48.5 Å². The number of ether oxygens (including phenoxy) is 3. The standard InChI is InChI=1S/C25H28N2O7/c1-32-21(23(28)27-12-19(24(29)30)22(13-27)33-2)11-26-25(31)34-14-20-17-9-5-3-7-15(17)16-8-4-6-10-18(16)20/h3-10,19-22H,11-14H2,1-2H3,(H,26,31)(H,29,30). The lowest BCUT2D eigenvalue weighted by atomic mass is 9.98. The van der Waals surface area contributed by atoms with E-state index in [2.05, 4.69) is 17.4 Å². The molecule has 4 rings (SSSR count). The minimum Gasteiger partial charge on any atom is -0.481 e. The molecule has 3 atom stereocenters. The molecule has 0 spiro atoms. The number of methoxy groups -OCH3 is 2. The van der Waals surface area contributed by atoms with Crippen molar-refractivity contribution >= 4 is 18.0 Å². The molecule has 0 aromatic heterocycles. The average Bonchev–Trinajstić information content (AvgIpc) is 3.43. The lowest BCUT2D eigenvalue weighted by molar-refractivity contribution is -0.144. The van der Waals surface area contributed by atoms with Gasteiger partial charge < -0.3 is 29.5 Å². The van der Waals surface area contributed by atoms with Gasteiger partial charge in [-0.2, -0.15) is 0 Å². The van der Waals surface area contributed by atoms with Crippen LogP contribution < -0.4 is 5.32 Å². The number of nitrogens with zero attached hydrogens (tertiary/aromatic N) is 1. The van der Waals surface area contributed by atoms with Gasteiger partial charge in [0.1, 0.15) is 12.5 Å². The van der Waals surface area contributed by atoms with Gasteiger partial charge in [-0.1, -0.05) is 48.5 Å². The molecular formula is C25H28N2O7. The van der Waals surface area contributed by atoms with Crippen molar-refractivity contribution in [1.29, 1.82) is 0 Å². The Morgan fingerprint density at radius 2 is 1.65 bits per heavy atom. The predicted molar refractivity (Wildman–Crippen MR) is 122 cm³/mol. The van der Waals surface area contributed by atoms with Crippen LogP contribution in [0.4, 0.5) is 4.79 Å². The molecule has 2 aliphatic rings. The number of hydrogen-bond donors (Lipinski definition) is 2. The van der Waals surface area contributed by atoms with Gasteiger partial charge in [0, 0.05) is 33.2 Å². The Morgan fingerprint density at radius 1 is 1.03 bits per heavy atom. The third-order valence-corrected chi connectivity index (χ3v) is 6.53. The van der Waals surface area contributed by atoms with E-state index < -0.39 is 36.1 Å². The summed E-state index contributed by atoms with van der Waals surface area (Å²) in [5, 5.41) is 11.9. The predicted octanol–water partition coefficient (Wildman–Crippen LogP) is 2.10. The molecule has 0 radical (unpaired) electrons. The number of likely N-dealkylation sites (tertiary alicyclic amines) is 1. The number of carboxylic acid groups (broad SMARTS) is 1. The van der Waals surface area contributed by atoms with Crippen LogP contribution in [0.25, 0.3) is 11.1 Å². The monoisotopic (exact) mass is 468 g/mol. The summed E-state index contributed by atoms with van der Waals surface area (Å²) >= 11 is 0. The Morgan fingerprint density at radius 3 is 2.18 bits per heavy atom. The molecule has 9 nitrogen and oxygen atoms in total. The van der Waals surface area contributed by atoms with Crippen molar-refractivity contribution < 1.29 is 33.7 Å². The molecule has 180 valence electrons. The fourth-order valence-electron chi connectivity index (χ4n) is 4.73. The molecule has 3 unspecified atom stereocenters. The van der Waals surface area contributed by atoms with Crippen molar-refractivity contribution in [3.05, 3.63) is 59.7 Å². The number of aliphatic carboxylic acids is 1. The smallest absolute Gasteiger partial charge is 0.407 e. The molecule has 1 heterocycles. The third kappa shape index (κ3) is 4.62. The van der Waals surface area contributed by atoms with Crippen molar-refractivity contribution in [3.8, 4) is 11.1 Å². The summed E-state index contributed by atoms with van der Waals surface area (Å²) in [7, 11) is 2.78. The maximum absolute atomic E-state index is 12.8. The van der Waals surface area contributed by atoms with Crippen molar-refractivity contribution in [2.75, 3.05) is 40.5 Å². The number of rotatable bonds is 8. The number of carboxylic acids is 1. The first kappa shape index (κ1) is 23.7. The SMILES string of the molecule is COC(CNC(=O)OCC1c2ccccc2-c2ccccc21)C(=O)N1CC(OC)C(C(=O)O)C1. The summed E-state index contributed by atoms with van der Waals surface area (Å²) in [6.45, 7) is 0.236. The molecule has 2 aromatic carbocycles. The maximum Gasteiger partial charge on any atom is 0.407 e. The summed E-state index contributed by atoms with van der Waals surface area (Å²) < 4.78 is 16.0. The van der Waals surface area contributed by atoms with Gasteiger partial charge in [0.25, 0.3) is 5.91 Å². The molecule has 1 aliphatic heterocycles. The molecule has 1 aliphatic carbocycles. The molecule has 1 saturated heterocycles. The number of fused-ring (bicyclic) bond motifs is 3. The van der Waals surface area contributed by atoms with Crippen LogP contribution in [0.3, 0.4) is 0 Å². The van der Waals surface area contributed by atoms with Gasteiger partial charge in [-0.3, -0.25) is 9.59 Å². The second kappa shape index (κ2) is 10.2. The second-order valence-electron chi connectivity index (χ2n) is 8.39. The van der Waals surface area contributed by atoms with E-state index in [0.717, 1.165) is 22.3 Å². The number of amides is 2. The zero-order valence-corrected chi connectivity index (χ0v) is 19.1. The highest BCUT2D eigenvalue weighted by Gasteiger charge is 2.41. The molecule has 2 aromatic rings. The van der Waals surface area contributed by atoms with E-state index in [0.29, 0.717) is 0 Å². The van der Waals surface area contributed by atoms with Crippen molar-refractivity contribution in [1.82, 2.24) is 10.2 Å². The van der Waals surface area contributed by atoms with Gasteiger partial charge >= 0.3 is 12.1 Å². The van der Waals surface area contributed by atoms with Crippen molar-refractivity contribution in [2.24, 2.45) is 5.92 Å². The topological polar surface area (TPSA) is 114 Å². The first-order valence-corrected chi connectivity index (χ1v) is 11.1. The van der Waals surface area contributed by atoms with Crippen LogP contribution in [0.2, 0.25) is 0 Å². The Hall–Kier alpha value is -3.43. The number of carbonyl (C=O) groups excluding carboxylic acids is 2. The lowest BCUT2D eigenvalue weighted by Gasteiger charge is -2.22. The van der Waals surface area contributed by atoms with E-state index in [1.807, 2.05) is 36.4 Å². The minimum atomic E-state index is -1.02. The van der Waals surface area contributed by atoms with E-state index in [4.69, 9.17) is 14.2 Å². The highest BCUT2D eigenvalue weighted by molar-refractivity contribution is 5.84. The highest BCUT2D eigenvalue weighted by Crippen LogP contribution is 2.44. The van der Waals surface area contributed by atoms with Crippen molar-refractivity contribution in [2.45, 2.75) is 18.1 Å². The normalized spacial score (nSPS) is 19.9. The fraction of sp³-hybridized carbons (Fsp3) is 0.400. The largest absolute Gasteiger partial charge is 0.481 e. The number of alkyl carbamates (subject to hydrolysis) is 1. The Kier molecular flexibility index (Phi) is 7.14. The van der Waals surface area contributed by atoms with Crippen LogP contribution >= 0.6 is 0 Å². The van der Waals surface area contributed by atoms with Crippen molar-refractivity contribution in [3.63, 3.8) is 0 Å². The van der Waals surface area contributed by atoms with E-state index in [-0.39, 0.29) is 32.2 Å². The molecule has 34 heavy (non-hydrogen) atoms. The molecule has 0 bridgehead atoms. The number of carbonyl (C=O) groups is 3. The molecule has 2 N–H and O–H groups in total. The summed E-state index contributed by atoms with van der Waals surface area (Å²) in [6.07, 6.45) is -2.21. The Balaban J connectivity index is 1.32. The van der Waals surface area contributed by atoms with E-state index in [1.54, 1.807) is 0 Å². The highest BCUT2D eigenvalue weighted by atomic mass is 16.5. The van der Waals surface area contributed by atoms with E-state index in [1.165, 1.54) is 19.1 Å². The molecular weight excluding hydrogens is 440 g/mol. The van der Waals surface area contributed by atoms with E-state index in [9.17, 15) is 19.5 Å². The van der Waals surface area contributed by atoms with Crippen LogP contribution in [0.1, 0.15) is 17.0 Å². The van der Waals surface area contributed by atoms with Gasteiger partial charge in [-0.15, -0.1) is 0 Å². The molecule has 9 heteroatoms. The zero-order chi connectivity index (χ0) is 24.2. The maximum atomic E-state index is 12.8. The lowest BCUT2D eigenvalue weighted by Crippen LogP contribution is -2.45. The van der Waals surface area contributed by atoms with Gasteiger partial charge in [0.15, 0.2) is 6.10 Å². The van der Waals surface area contributed by atoms with Gasteiger partial charge in [0.05, 0.1) is 12.6 Å². The van der Waals surface area contributed by atoms with Gasteiger partial charge in [-0.25, -0.2) is 4.79 Å². The van der Waals surface area contributed by atoms with Crippen LogP contribution in [0.5, 0.6) is 0 Å². The Labute approximate surface area is 197 Å². The summed E-state index contributed by atoms with van der Waals surface area (Å²) in [5.41, 5.74) is 4.49. The number of hydrogen-bond acceptors (Lipinski definition) is 6. The van der Waals surface area contributed by atoms with Gasteiger partial charge in [-0.05, 0) is 22.3 Å². The second-order valence-corrected chi connectivity index (χ2v) is 8.39. The molecule has 1 fully saturated rings. The summed E-state index contributed by atoms with van der Waals surface area (Å²) in [4.78, 5) is 38.0. The van der Waals surface area contributed by atoms with Crippen LogP contribution in [-0.4, -0.2) is 80.6 Å². The zero-order valence-electron chi connectivity index (χ0n) is 19.1. The number of nitrogens with one attached hydrogen (secondary N) is 1. The average molecular weight is 469 g/mol. The Bertz CT molecular complexity index is 1030. The van der Waals surface area contributed by atoms with Crippen LogP contribution in [0, 0.1) is 5.92 Å². The molecule has 0 saturated carbocycles. The van der Waals surface area contributed by atoms with E-state index >= 15 is 0 Å². The first-order chi connectivity index (χ1) is 16.4. The minimum absolute atomic E-state index is 0.0253. The summed E-state index contributed by atoms with van der Waals surface area (Å²) in [6, 6.07) is 16.1. The third-order valence-electron chi connectivity index (χ3n) is 6.53. The number of benzene rings is 2.